The van der Waals surface area contributed by atoms with Crippen LogP contribution in [-0.4, -0.2) is 26.1 Å². The highest BCUT2D eigenvalue weighted by molar-refractivity contribution is 5.80. The quantitative estimate of drug-likeness (QED) is 0.515. The van der Waals surface area contributed by atoms with E-state index in [4.69, 9.17) is 10.8 Å². The van der Waals surface area contributed by atoms with Gasteiger partial charge in [-0.3, -0.25) is 0 Å². The van der Waals surface area contributed by atoms with Crippen molar-refractivity contribution in [3.05, 3.63) is 0 Å². The molecule has 3 nitrogen and oxygen atoms in total. The predicted molar refractivity (Wildman–Crippen MR) is 32.9 cm³/mol. The summed E-state index contributed by atoms with van der Waals surface area (Å²) in [6, 6.07) is 0. The lowest BCUT2D eigenvalue weighted by atomic mass is 10.2. The van der Waals surface area contributed by atoms with Crippen molar-refractivity contribution in [3.63, 3.8) is 0 Å². The zero-order valence-electron chi connectivity index (χ0n) is 4.85. The molecule has 0 atom stereocenters. The third-order valence-electron chi connectivity index (χ3n) is 0.787. The van der Waals surface area contributed by atoms with Gasteiger partial charge in [0.1, 0.15) is 0 Å². The molecule has 0 heterocycles. The molecule has 0 aromatic heterocycles. The molecule has 0 bridgehead atoms. The minimum Gasteiger partial charge on any atom is -0.384 e. The highest BCUT2D eigenvalue weighted by atomic mass is 16.5. The van der Waals surface area contributed by atoms with Gasteiger partial charge < -0.3 is 15.6 Å². The summed E-state index contributed by atoms with van der Waals surface area (Å²) in [6.07, 6.45) is 2.38. The molecular weight excluding hydrogens is 104 g/mol. The molecule has 0 rings (SSSR count). The molecule has 0 aliphatic rings. The van der Waals surface area contributed by atoms with Crippen molar-refractivity contribution in [2.24, 2.45) is 5.92 Å². The van der Waals surface area contributed by atoms with Crippen LogP contribution >= 0.6 is 0 Å². The lowest BCUT2D eigenvalue weighted by molar-refractivity contribution is 0.195. The van der Waals surface area contributed by atoms with Crippen LogP contribution in [0.2, 0.25) is 0 Å². The van der Waals surface area contributed by atoms with Crippen LogP contribution in [-0.2, 0) is 4.74 Å². The van der Waals surface area contributed by atoms with E-state index in [0.717, 1.165) is 0 Å². The van der Waals surface area contributed by atoms with E-state index in [1.165, 1.54) is 12.4 Å². The van der Waals surface area contributed by atoms with Crippen LogP contribution in [0.1, 0.15) is 0 Å². The first-order valence-electron chi connectivity index (χ1n) is 2.35. The lowest BCUT2D eigenvalue weighted by Gasteiger charge is -1.99. The number of hydrogen-bond donors (Lipinski definition) is 2. The molecule has 0 unspecified atom stereocenters. The molecular formula is C5H10N2O. The fourth-order valence-corrected chi connectivity index (χ4v) is 0.337. The van der Waals surface area contributed by atoms with Gasteiger partial charge in [0.05, 0.1) is 12.5 Å². The monoisotopic (exact) mass is 114 g/mol. The van der Waals surface area contributed by atoms with Crippen molar-refractivity contribution in [3.8, 4) is 0 Å². The summed E-state index contributed by atoms with van der Waals surface area (Å²) in [6.45, 7) is 0.438. The fraction of sp³-hybridized carbons (Fsp3) is 0.600. The number of hydrogen-bond acceptors (Lipinski definition) is 3. The maximum Gasteiger partial charge on any atom is 0.0589 e. The topological polar surface area (TPSA) is 56.9 Å². The maximum atomic E-state index is 6.71. The molecule has 0 saturated heterocycles. The summed E-state index contributed by atoms with van der Waals surface area (Å²) >= 11 is 0. The molecule has 0 saturated carbocycles. The number of ether oxygens (including phenoxy) is 1. The molecule has 0 aromatic carbocycles. The summed E-state index contributed by atoms with van der Waals surface area (Å²) in [5.41, 5.74) is 0. The largest absolute Gasteiger partial charge is 0.384 e. The SMILES string of the molecule is COCC(C=N)C=N. The molecule has 0 radical (unpaired) electrons. The number of rotatable bonds is 4. The van der Waals surface area contributed by atoms with Crippen LogP contribution in [0.15, 0.2) is 0 Å². The van der Waals surface area contributed by atoms with Gasteiger partial charge in [0.15, 0.2) is 0 Å². The Morgan fingerprint density at radius 1 is 1.50 bits per heavy atom. The Labute approximate surface area is 48.7 Å². The van der Waals surface area contributed by atoms with Gasteiger partial charge in [0.2, 0.25) is 0 Å². The zero-order chi connectivity index (χ0) is 6.41. The molecule has 0 spiro atoms. The summed E-state index contributed by atoms with van der Waals surface area (Å²) < 4.78 is 4.68. The first-order chi connectivity index (χ1) is 3.85. The number of nitrogens with one attached hydrogen (secondary N) is 2. The third-order valence-corrected chi connectivity index (χ3v) is 0.787. The Kier molecular flexibility index (Phi) is 4.07. The molecule has 2 N–H and O–H groups in total. The van der Waals surface area contributed by atoms with Crippen molar-refractivity contribution < 1.29 is 4.74 Å². The van der Waals surface area contributed by atoms with Gasteiger partial charge in [-0.2, -0.15) is 0 Å². The molecule has 3 heteroatoms. The summed E-state index contributed by atoms with van der Waals surface area (Å²) in [7, 11) is 1.56. The average Bonchev–Trinajstić information content (AvgIpc) is 1.83. The summed E-state index contributed by atoms with van der Waals surface area (Å²) in [5, 5.41) is 13.4. The summed E-state index contributed by atoms with van der Waals surface area (Å²) in [5.74, 6) is -0.139. The van der Waals surface area contributed by atoms with E-state index in [9.17, 15) is 0 Å². The second-order valence-corrected chi connectivity index (χ2v) is 1.45. The minimum atomic E-state index is -0.139. The van der Waals surface area contributed by atoms with Crippen molar-refractivity contribution in [2.75, 3.05) is 13.7 Å². The van der Waals surface area contributed by atoms with Crippen molar-refractivity contribution >= 4 is 12.4 Å². The third kappa shape index (κ3) is 2.47. The van der Waals surface area contributed by atoms with Crippen LogP contribution in [0.3, 0.4) is 0 Å². The smallest absolute Gasteiger partial charge is 0.0589 e. The highest BCUT2D eigenvalue weighted by Gasteiger charge is 1.96. The maximum absolute atomic E-state index is 6.71. The van der Waals surface area contributed by atoms with E-state index in [-0.39, 0.29) is 5.92 Å². The van der Waals surface area contributed by atoms with Crippen molar-refractivity contribution in [1.29, 1.82) is 10.8 Å². The van der Waals surface area contributed by atoms with Crippen LogP contribution in [0, 0.1) is 16.7 Å². The van der Waals surface area contributed by atoms with Gasteiger partial charge in [0.25, 0.3) is 0 Å². The van der Waals surface area contributed by atoms with Gasteiger partial charge in [-0.1, -0.05) is 0 Å². The average molecular weight is 114 g/mol. The lowest BCUT2D eigenvalue weighted by Crippen LogP contribution is -2.09. The van der Waals surface area contributed by atoms with Crippen molar-refractivity contribution in [2.45, 2.75) is 0 Å². The fourth-order valence-electron chi connectivity index (χ4n) is 0.337. The summed E-state index contributed by atoms with van der Waals surface area (Å²) in [4.78, 5) is 0. The van der Waals surface area contributed by atoms with Gasteiger partial charge in [-0.25, -0.2) is 0 Å². The van der Waals surface area contributed by atoms with Gasteiger partial charge in [-0.15, -0.1) is 0 Å². The normalized spacial score (nSPS) is 12.6. The molecule has 8 heavy (non-hydrogen) atoms. The number of methoxy groups -OCH3 is 1. The van der Waals surface area contributed by atoms with Crippen LogP contribution in [0.5, 0.6) is 0 Å². The molecule has 0 aliphatic carbocycles. The highest BCUT2D eigenvalue weighted by Crippen LogP contribution is 1.84. The zero-order valence-corrected chi connectivity index (χ0v) is 4.85. The molecule has 0 aliphatic heterocycles. The minimum absolute atomic E-state index is 0.139. The molecule has 0 amide bonds. The van der Waals surface area contributed by atoms with Crippen LogP contribution in [0.4, 0.5) is 0 Å². The van der Waals surface area contributed by atoms with E-state index < -0.39 is 0 Å². The molecule has 0 fully saturated rings. The van der Waals surface area contributed by atoms with Gasteiger partial charge in [-0.05, 0) is 0 Å². The second-order valence-electron chi connectivity index (χ2n) is 1.45. The van der Waals surface area contributed by atoms with Crippen LogP contribution in [0.25, 0.3) is 0 Å². The Balaban J connectivity index is 3.35. The standard InChI is InChI=1S/C5H10N2O/c1-8-4-5(2-6)3-7/h2-3,5-7H,4H2,1H3. The Bertz CT molecular complexity index is 74.5. The van der Waals surface area contributed by atoms with Gasteiger partial charge in [0, 0.05) is 19.5 Å². The van der Waals surface area contributed by atoms with E-state index in [0.29, 0.717) is 6.61 Å². The molecule has 46 valence electrons. The Morgan fingerprint density at radius 2 is 2.00 bits per heavy atom. The predicted octanol–water partition coefficient (Wildman–Crippen LogP) is 0.548. The van der Waals surface area contributed by atoms with E-state index >= 15 is 0 Å². The molecule has 0 aromatic rings. The first-order valence-corrected chi connectivity index (χ1v) is 2.35. The van der Waals surface area contributed by atoms with Gasteiger partial charge >= 0.3 is 0 Å². The Morgan fingerprint density at radius 3 is 2.12 bits per heavy atom. The Hall–Kier alpha value is -0.700. The van der Waals surface area contributed by atoms with Crippen LogP contribution < -0.4 is 0 Å². The second kappa shape index (κ2) is 4.46. The van der Waals surface area contributed by atoms with E-state index in [1.54, 1.807) is 7.11 Å². The first kappa shape index (κ1) is 7.30. The van der Waals surface area contributed by atoms with E-state index in [1.807, 2.05) is 0 Å². The van der Waals surface area contributed by atoms with Crippen molar-refractivity contribution in [1.82, 2.24) is 0 Å². The van der Waals surface area contributed by atoms with E-state index in [2.05, 4.69) is 4.74 Å².